The number of hydrogen-bond acceptors (Lipinski definition) is 2. The van der Waals surface area contributed by atoms with Gasteiger partial charge in [-0.2, -0.15) is 0 Å². The van der Waals surface area contributed by atoms with Gasteiger partial charge < -0.3 is 0 Å². The third kappa shape index (κ3) is 2.01. The van der Waals surface area contributed by atoms with Gasteiger partial charge in [-0.05, 0) is 18.2 Å². The molecular weight excluding hydrogens is 247 g/mol. The first-order valence-corrected chi connectivity index (χ1v) is 5.12. The Morgan fingerprint density at radius 2 is 1.94 bits per heavy atom. The number of benzene rings is 1. The summed E-state index contributed by atoms with van der Waals surface area (Å²) in [5.74, 6) is -0.627. The van der Waals surface area contributed by atoms with Crippen molar-refractivity contribution in [3.8, 4) is 5.69 Å². The second-order valence-electron chi connectivity index (χ2n) is 3.46. The highest BCUT2D eigenvalue weighted by Crippen LogP contribution is 2.16. The lowest BCUT2D eigenvalue weighted by Crippen LogP contribution is -2.36. The van der Waals surface area contributed by atoms with E-state index >= 15 is 0 Å². The first-order chi connectivity index (χ1) is 8.00. The van der Waals surface area contributed by atoms with Crippen molar-refractivity contribution >= 4 is 11.6 Å². The molecule has 0 spiro atoms. The Labute approximate surface area is 101 Å². The Kier molecular flexibility index (Phi) is 2.85. The van der Waals surface area contributed by atoms with E-state index in [1.54, 1.807) is 0 Å². The van der Waals surface area contributed by atoms with Gasteiger partial charge in [-0.1, -0.05) is 11.6 Å². The van der Waals surface area contributed by atoms with E-state index in [0.717, 1.165) is 15.2 Å². The summed E-state index contributed by atoms with van der Waals surface area (Å²) in [5, 5.41) is 0.240. The van der Waals surface area contributed by atoms with Crippen LogP contribution in [0.3, 0.4) is 0 Å². The fraction of sp³-hybridized carbons (Fsp3) is 0.0909. The molecule has 2 aromatic rings. The fourth-order valence-electron chi connectivity index (χ4n) is 1.43. The third-order valence-electron chi connectivity index (χ3n) is 2.36. The number of nitrogens with zero attached hydrogens (tertiary/aromatic N) is 2. The van der Waals surface area contributed by atoms with Crippen molar-refractivity contribution in [2.75, 3.05) is 0 Å². The SMILES string of the molecule is Cn1c(=O)ccn(-c2ccc(Cl)cc2F)c1=O. The molecule has 0 aliphatic rings. The Bertz CT molecular complexity index is 691. The first kappa shape index (κ1) is 11.6. The Hall–Kier alpha value is -1.88. The summed E-state index contributed by atoms with van der Waals surface area (Å²) < 4.78 is 15.6. The second-order valence-corrected chi connectivity index (χ2v) is 3.90. The molecule has 0 saturated heterocycles. The van der Waals surface area contributed by atoms with Gasteiger partial charge in [0, 0.05) is 24.3 Å². The molecule has 6 heteroatoms. The maximum absolute atomic E-state index is 13.6. The van der Waals surface area contributed by atoms with E-state index < -0.39 is 17.1 Å². The van der Waals surface area contributed by atoms with E-state index in [0.29, 0.717) is 0 Å². The summed E-state index contributed by atoms with van der Waals surface area (Å²) in [5.41, 5.74) is -1.01. The Morgan fingerprint density at radius 3 is 2.59 bits per heavy atom. The largest absolute Gasteiger partial charge is 0.335 e. The molecule has 1 aromatic heterocycles. The summed E-state index contributed by atoms with van der Waals surface area (Å²) in [6, 6.07) is 5.14. The predicted molar refractivity (Wildman–Crippen MR) is 62.2 cm³/mol. The lowest BCUT2D eigenvalue weighted by atomic mass is 10.3. The number of halogens is 2. The van der Waals surface area contributed by atoms with Crippen LogP contribution in [0.25, 0.3) is 5.69 Å². The van der Waals surface area contributed by atoms with Crippen molar-refractivity contribution in [3.05, 3.63) is 62.1 Å². The highest BCUT2D eigenvalue weighted by Gasteiger charge is 2.08. The van der Waals surface area contributed by atoms with E-state index in [4.69, 9.17) is 11.6 Å². The highest BCUT2D eigenvalue weighted by molar-refractivity contribution is 6.30. The smallest absolute Gasteiger partial charge is 0.269 e. The van der Waals surface area contributed by atoms with E-state index in [2.05, 4.69) is 0 Å². The van der Waals surface area contributed by atoms with E-state index in [1.807, 2.05) is 0 Å². The highest BCUT2D eigenvalue weighted by atomic mass is 35.5. The maximum atomic E-state index is 13.6. The number of hydrogen-bond donors (Lipinski definition) is 0. The zero-order valence-electron chi connectivity index (χ0n) is 8.85. The van der Waals surface area contributed by atoms with Crippen LogP contribution in [0.1, 0.15) is 0 Å². The number of rotatable bonds is 1. The predicted octanol–water partition coefficient (Wildman–Crippen LogP) is 1.33. The van der Waals surface area contributed by atoms with Gasteiger partial charge in [0.05, 0.1) is 5.69 Å². The summed E-state index contributed by atoms with van der Waals surface area (Å²) in [6.07, 6.45) is 1.23. The minimum atomic E-state index is -0.627. The molecule has 0 aliphatic carbocycles. The number of aromatic nitrogens is 2. The maximum Gasteiger partial charge on any atom is 0.335 e. The van der Waals surface area contributed by atoms with Crippen LogP contribution in [0.15, 0.2) is 40.1 Å². The van der Waals surface area contributed by atoms with Gasteiger partial charge in [0.1, 0.15) is 5.82 Å². The fourth-order valence-corrected chi connectivity index (χ4v) is 1.59. The molecule has 2 rings (SSSR count). The normalized spacial score (nSPS) is 10.5. The van der Waals surface area contributed by atoms with Crippen LogP contribution in [-0.2, 0) is 7.05 Å². The third-order valence-corrected chi connectivity index (χ3v) is 2.59. The minimum Gasteiger partial charge on any atom is -0.269 e. The Morgan fingerprint density at radius 1 is 1.24 bits per heavy atom. The Balaban J connectivity index is 2.74. The molecule has 1 heterocycles. The van der Waals surface area contributed by atoms with Crippen LogP contribution in [0, 0.1) is 5.82 Å². The van der Waals surface area contributed by atoms with Crippen molar-refractivity contribution < 1.29 is 4.39 Å². The zero-order valence-corrected chi connectivity index (χ0v) is 9.61. The van der Waals surface area contributed by atoms with Gasteiger partial charge in [0.25, 0.3) is 5.56 Å². The monoisotopic (exact) mass is 254 g/mol. The van der Waals surface area contributed by atoms with Crippen LogP contribution in [0.5, 0.6) is 0 Å². The molecule has 88 valence electrons. The second kappa shape index (κ2) is 4.18. The van der Waals surface area contributed by atoms with Crippen LogP contribution in [0.2, 0.25) is 5.02 Å². The summed E-state index contributed by atoms with van der Waals surface area (Å²) in [4.78, 5) is 23.0. The topological polar surface area (TPSA) is 44.0 Å². The van der Waals surface area contributed by atoms with Gasteiger partial charge in [-0.15, -0.1) is 0 Å². The quantitative estimate of drug-likeness (QED) is 0.771. The van der Waals surface area contributed by atoms with Crippen LogP contribution < -0.4 is 11.2 Å². The molecule has 0 N–H and O–H groups in total. The van der Waals surface area contributed by atoms with Crippen LogP contribution in [0.4, 0.5) is 4.39 Å². The molecule has 17 heavy (non-hydrogen) atoms. The van der Waals surface area contributed by atoms with Crippen molar-refractivity contribution in [1.29, 1.82) is 0 Å². The van der Waals surface area contributed by atoms with Gasteiger partial charge in [-0.25, -0.2) is 9.18 Å². The van der Waals surface area contributed by atoms with Gasteiger partial charge >= 0.3 is 5.69 Å². The summed E-state index contributed by atoms with van der Waals surface area (Å²) in [7, 11) is 1.33. The molecule has 0 aliphatic heterocycles. The molecule has 0 amide bonds. The first-order valence-electron chi connectivity index (χ1n) is 4.75. The molecule has 1 aromatic carbocycles. The standard InChI is InChI=1S/C11H8ClFN2O2/c1-14-10(16)4-5-15(11(14)17)9-3-2-7(12)6-8(9)13/h2-6H,1H3. The lowest BCUT2D eigenvalue weighted by molar-refractivity contribution is 0.608. The van der Waals surface area contributed by atoms with E-state index in [-0.39, 0.29) is 10.7 Å². The van der Waals surface area contributed by atoms with Crippen LogP contribution >= 0.6 is 11.6 Å². The summed E-state index contributed by atoms with van der Waals surface area (Å²) >= 11 is 5.62. The molecule has 0 unspecified atom stereocenters. The van der Waals surface area contributed by atoms with Crippen LogP contribution in [-0.4, -0.2) is 9.13 Å². The molecule has 0 radical (unpaired) electrons. The van der Waals surface area contributed by atoms with Crippen molar-refractivity contribution in [2.45, 2.75) is 0 Å². The lowest BCUT2D eigenvalue weighted by Gasteiger charge is -2.07. The van der Waals surface area contributed by atoms with Gasteiger partial charge in [0.15, 0.2) is 0 Å². The molecule has 4 nitrogen and oxygen atoms in total. The van der Waals surface area contributed by atoms with Gasteiger partial charge in [-0.3, -0.25) is 13.9 Å². The average molecular weight is 255 g/mol. The minimum absolute atomic E-state index is 0.0509. The molecule has 0 bridgehead atoms. The molecular formula is C11H8ClFN2O2. The van der Waals surface area contributed by atoms with Crippen molar-refractivity contribution in [3.63, 3.8) is 0 Å². The summed E-state index contributed by atoms with van der Waals surface area (Å²) in [6.45, 7) is 0. The zero-order chi connectivity index (χ0) is 12.6. The van der Waals surface area contributed by atoms with Crippen molar-refractivity contribution in [2.24, 2.45) is 7.05 Å². The van der Waals surface area contributed by atoms with E-state index in [1.165, 1.54) is 31.4 Å². The van der Waals surface area contributed by atoms with E-state index in [9.17, 15) is 14.0 Å². The average Bonchev–Trinajstić information content (AvgIpc) is 2.28. The molecule has 0 saturated carbocycles. The molecule has 0 atom stereocenters. The van der Waals surface area contributed by atoms with Crippen molar-refractivity contribution in [1.82, 2.24) is 9.13 Å². The van der Waals surface area contributed by atoms with Gasteiger partial charge in [0.2, 0.25) is 0 Å². The molecule has 0 fully saturated rings.